The van der Waals surface area contributed by atoms with Crippen molar-refractivity contribution in [2.75, 3.05) is 0 Å². The van der Waals surface area contributed by atoms with Gasteiger partial charge in [-0.25, -0.2) is 0 Å². The molecule has 0 aromatic heterocycles. The van der Waals surface area contributed by atoms with Crippen molar-refractivity contribution in [1.29, 1.82) is 0 Å². The van der Waals surface area contributed by atoms with Crippen LogP contribution in [0.5, 0.6) is 0 Å². The molecule has 0 saturated carbocycles. The van der Waals surface area contributed by atoms with E-state index in [0.29, 0.717) is 15.1 Å². The summed E-state index contributed by atoms with van der Waals surface area (Å²) in [5.41, 5.74) is 1.76. The molecule has 0 N–H and O–H groups in total. The zero-order valence-corrected chi connectivity index (χ0v) is 17.2. The Labute approximate surface area is 161 Å². The second kappa shape index (κ2) is 6.51. The van der Waals surface area contributed by atoms with Gasteiger partial charge in [-0.05, 0) is 86.0 Å². The Morgan fingerprint density at radius 1 is 1.00 bits per heavy atom. The van der Waals surface area contributed by atoms with Crippen LogP contribution in [0.3, 0.4) is 0 Å². The van der Waals surface area contributed by atoms with Crippen molar-refractivity contribution in [1.82, 2.24) is 0 Å². The van der Waals surface area contributed by atoms with Gasteiger partial charge in [0.15, 0.2) is 0 Å². The van der Waals surface area contributed by atoms with Gasteiger partial charge in [0.05, 0.1) is 15.1 Å². The van der Waals surface area contributed by atoms with E-state index in [1.807, 2.05) is 6.07 Å². The van der Waals surface area contributed by atoms with Crippen molar-refractivity contribution in [3.63, 3.8) is 0 Å². The van der Waals surface area contributed by atoms with Crippen molar-refractivity contribution >= 4 is 103 Å². The van der Waals surface area contributed by atoms with E-state index in [9.17, 15) is 0 Å². The number of benzene rings is 2. The summed E-state index contributed by atoms with van der Waals surface area (Å²) >= 11 is 25.4. The largest absolute Gasteiger partial charge is 0.0836 e. The molecule has 0 bridgehead atoms. The predicted octanol–water partition coefficient (Wildman–Crippen LogP) is 6.93. The third-order valence-corrected chi connectivity index (χ3v) is 6.98. The lowest BCUT2D eigenvalue weighted by Gasteiger charge is -2.12. The lowest BCUT2D eigenvalue weighted by atomic mass is 10.1. The molecule has 93 valence electrons. The fourth-order valence-electron chi connectivity index (χ4n) is 1.46. The van der Waals surface area contributed by atoms with Crippen molar-refractivity contribution in [2.24, 2.45) is 0 Å². The van der Waals surface area contributed by atoms with Crippen LogP contribution in [0.15, 0.2) is 18.2 Å². The third-order valence-electron chi connectivity index (χ3n) is 2.24. The highest BCUT2D eigenvalue weighted by Gasteiger charge is 2.16. The fraction of sp³-hybridized carbons (Fsp3) is 0. The molecule has 0 spiro atoms. The summed E-state index contributed by atoms with van der Waals surface area (Å²) in [7, 11) is 0. The lowest BCUT2D eigenvalue weighted by Crippen LogP contribution is -1.91. The van der Waals surface area contributed by atoms with E-state index in [4.69, 9.17) is 34.8 Å². The van der Waals surface area contributed by atoms with Gasteiger partial charge >= 0.3 is 0 Å². The molecule has 1 radical (unpaired) electrons. The van der Waals surface area contributed by atoms with Gasteiger partial charge in [-0.15, -0.1) is 0 Å². The molecule has 2 aromatic rings. The van der Waals surface area contributed by atoms with E-state index in [1.54, 1.807) is 6.07 Å². The van der Waals surface area contributed by atoms with E-state index in [-0.39, 0.29) is 0 Å². The van der Waals surface area contributed by atoms with Crippen molar-refractivity contribution in [3.8, 4) is 11.1 Å². The maximum atomic E-state index is 6.25. The minimum atomic E-state index is 0.390. The fourth-order valence-corrected chi connectivity index (χ4v) is 4.59. The van der Waals surface area contributed by atoms with Gasteiger partial charge in [0.25, 0.3) is 0 Å². The van der Waals surface area contributed by atoms with Crippen LogP contribution in [0.25, 0.3) is 11.1 Å². The van der Waals surface area contributed by atoms with Gasteiger partial charge < -0.3 is 0 Å². The second-order valence-electron chi connectivity index (χ2n) is 3.39. The normalized spacial score (nSPS) is 10.8. The summed E-state index contributed by atoms with van der Waals surface area (Å²) in [6, 6.07) is 8.62. The van der Waals surface area contributed by atoms with Gasteiger partial charge in [0.1, 0.15) is 0 Å². The lowest BCUT2D eigenvalue weighted by molar-refractivity contribution is 1.51. The highest BCUT2D eigenvalue weighted by atomic mass is 127. The maximum Gasteiger partial charge on any atom is 0.0692 e. The summed E-state index contributed by atoms with van der Waals surface area (Å²) in [6.45, 7) is 0. The van der Waals surface area contributed by atoms with E-state index >= 15 is 0 Å². The van der Waals surface area contributed by atoms with Gasteiger partial charge in [-0.2, -0.15) is 0 Å². The van der Waals surface area contributed by atoms with Crippen molar-refractivity contribution in [2.45, 2.75) is 0 Å². The standard InChI is InChI=1S/C12H3Cl3I3/c13-7-1-2-8(14)11(15)10(7)6-3-5(16)4-9(17)12(6)18/h1,3-4H. The minimum absolute atomic E-state index is 0.390. The molecule has 0 atom stereocenters. The molecule has 0 heterocycles. The summed E-state index contributed by atoms with van der Waals surface area (Å²) in [5.74, 6) is 0. The molecule has 0 unspecified atom stereocenters. The van der Waals surface area contributed by atoms with E-state index in [2.05, 4.69) is 79.9 Å². The quantitative estimate of drug-likeness (QED) is 0.236. The number of halogens is 6. The van der Waals surface area contributed by atoms with Crippen LogP contribution >= 0.6 is 103 Å². The van der Waals surface area contributed by atoms with Crippen LogP contribution in [0.2, 0.25) is 15.1 Å². The zero-order chi connectivity index (χ0) is 13.4. The van der Waals surface area contributed by atoms with Crippen LogP contribution in [0.4, 0.5) is 0 Å². The summed E-state index contributed by atoms with van der Waals surface area (Å²) < 4.78 is 3.40. The second-order valence-corrected chi connectivity index (χ2v) is 8.04. The van der Waals surface area contributed by atoms with Crippen LogP contribution in [-0.2, 0) is 0 Å². The van der Waals surface area contributed by atoms with Crippen LogP contribution in [-0.4, -0.2) is 0 Å². The van der Waals surface area contributed by atoms with Crippen LogP contribution in [0.1, 0.15) is 0 Å². The monoisotopic (exact) mass is 633 g/mol. The average molecular weight is 634 g/mol. The van der Waals surface area contributed by atoms with Gasteiger partial charge in [0, 0.05) is 27.9 Å². The molecule has 0 aliphatic heterocycles. The first-order chi connectivity index (χ1) is 8.41. The zero-order valence-electron chi connectivity index (χ0n) is 8.50. The van der Waals surface area contributed by atoms with E-state index < -0.39 is 0 Å². The molecule has 2 rings (SSSR count). The Morgan fingerprint density at radius 3 is 2.33 bits per heavy atom. The molecule has 0 aliphatic carbocycles. The number of hydrogen-bond acceptors (Lipinski definition) is 0. The first kappa shape index (κ1) is 15.9. The molecule has 0 nitrogen and oxygen atoms in total. The first-order valence-electron chi connectivity index (χ1n) is 4.62. The van der Waals surface area contributed by atoms with Gasteiger partial charge in [0.2, 0.25) is 0 Å². The molecule has 0 amide bonds. The molecular formula is C12H3Cl3I3. The molecule has 0 fully saturated rings. The molecule has 0 saturated heterocycles. The Kier molecular flexibility index (Phi) is 5.74. The highest BCUT2D eigenvalue weighted by molar-refractivity contribution is 14.1. The summed E-state index contributed by atoms with van der Waals surface area (Å²) in [6.07, 6.45) is 0. The molecular weight excluding hydrogens is 631 g/mol. The molecule has 6 heteroatoms. The van der Waals surface area contributed by atoms with Crippen LogP contribution < -0.4 is 0 Å². The summed E-state index contributed by atoms with van der Waals surface area (Å²) in [4.78, 5) is 0. The van der Waals surface area contributed by atoms with E-state index in [0.717, 1.165) is 21.8 Å². The topological polar surface area (TPSA) is 0 Å². The maximum absolute atomic E-state index is 6.25. The molecule has 18 heavy (non-hydrogen) atoms. The Bertz CT molecular complexity index is 626. The third kappa shape index (κ3) is 3.21. The van der Waals surface area contributed by atoms with Crippen LogP contribution in [0, 0.1) is 16.8 Å². The number of hydrogen-bond donors (Lipinski definition) is 0. The van der Waals surface area contributed by atoms with Crippen molar-refractivity contribution in [3.05, 3.63) is 50.0 Å². The highest BCUT2D eigenvalue weighted by Crippen LogP contribution is 2.42. The summed E-state index contributed by atoms with van der Waals surface area (Å²) in [5, 5.41) is 1.39. The molecule has 0 aliphatic rings. The van der Waals surface area contributed by atoms with Gasteiger partial charge in [-0.3, -0.25) is 0 Å². The SMILES string of the molecule is Clc1[c]cc(Cl)c(-c2cc(I)cc(I)c2I)c1Cl. The first-order valence-corrected chi connectivity index (χ1v) is 8.99. The smallest absolute Gasteiger partial charge is 0.0692 e. The Morgan fingerprint density at radius 2 is 1.67 bits per heavy atom. The Balaban J connectivity index is 2.81. The number of rotatable bonds is 1. The van der Waals surface area contributed by atoms with E-state index in [1.165, 1.54) is 0 Å². The Hall–Kier alpha value is 1.50. The average Bonchev–Trinajstić information content (AvgIpc) is 2.30. The predicted molar refractivity (Wildman–Crippen MR) is 104 cm³/mol. The minimum Gasteiger partial charge on any atom is -0.0836 e. The van der Waals surface area contributed by atoms with Gasteiger partial charge in [-0.1, -0.05) is 34.8 Å². The van der Waals surface area contributed by atoms with Crippen molar-refractivity contribution < 1.29 is 0 Å². The molecule has 2 aromatic carbocycles.